The number of anilines is 1. The fraction of sp³-hybridized carbons (Fsp3) is 0.321. The molecule has 0 aromatic heterocycles. The lowest BCUT2D eigenvalue weighted by Crippen LogP contribution is -2.55. The van der Waals surface area contributed by atoms with Gasteiger partial charge in [0, 0.05) is 23.0 Å². The van der Waals surface area contributed by atoms with Crippen molar-refractivity contribution in [2.45, 2.75) is 52.2 Å². The van der Waals surface area contributed by atoms with Gasteiger partial charge in [0.25, 0.3) is 5.91 Å². The van der Waals surface area contributed by atoms with E-state index in [0.29, 0.717) is 12.0 Å². The number of carbonyl (C=O) groups excluding carboxylic acids is 3. The fourth-order valence-corrected chi connectivity index (χ4v) is 4.51. The Bertz CT molecular complexity index is 1230. The number of rotatable bonds is 7. The maximum absolute atomic E-state index is 13.7. The molecular weight excluding hydrogens is 426 g/mol. The molecule has 1 atom stereocenters. The summed E-state index contributed by atoms with van der Waals surface area (Å²) in [5.74, 6) is -0.651. The highest BCUT2D eigenvalue weighted by atomic mass is 16.2. The van der Waals surface area contributed by atoms with Crippen LogP contribution in [-0.2, 0) is 16.1 Å². The van der Waals surface area contributed by atoms with Crippen LogP contribution in [0.2, 0.25) is 0 Å². The molecule has 0 bridgehead atoms. The molecule has 1 aliphatic heterocycles. The van der Waals surface area contributed by atoms with Crippen LogP contribution in [0.1, 0.15) is 50.0 Å². The minimum Gasteiger partial charge on any atom is -0.350 e. The summed E-state index contributed by atoms with van der Waals surface area (Å²) in [6, 6.07) is 20.3. The molecule has 6 nitrogen and oxygen atoms in total. The Kier molecular flexibility index (Phi) is 6.42. The van der Waals surface area contributed by atoms with Crippen LogP contribution in [0.4, 0.5) is 5.69 Å². The van der Waals surface area contributed by atoms with Crippen LogP contribution in [0.15, 0.2) is 66.7 Å². The van der Waals surface area contributed by atoms with Crippen molar-refractivity contribution in [3.05, 3.63) is 77.9 Å². The van der Waals surface area contributed by atoms with Gasteiger partial charge in [-0.15, -0.1) is 0 Å². The molecule has 0 spiro atoms. The Morgan fingerprint density at radius 3 is 2.29 bits per heavy atom. The second-order valence-corrected chi connectivity index (χ2v) is 9.74. The second-order valence-electron chi connectivity index (χ2n) is 9.74. The normalized spacial score (nSPS) is 13.8. The number of nitrogens with zero attached hydrogens (tertiary/aromatic N) is 2. The van der Waals surface area contributed by atoms with Crippen LogP contribution in [0.3, 0.4) is 0 Å². The molecule has 1 heterocycles. The SMILES string of the molecule is CC[C@H](C(=O)NC(C)(C)C)N(Cc1ccccc1)C(=O)CN1C(=O)c2cccc3cccc1c23. The zero-order valence-corrected chi connectivity index (χ0v) is 20.2. The van der Waals surface area contributed by atoms with Gasteiger partial charge in [0.1, 0.15) is 12.6 Å². The van der Waals surface area contributed by atoms with Gasteiger partial charge in [-0.2, -0.15) is 0 Å². The standard InChI is InChI=1S/C28H31N3O3/c1-5-22(26(33)29-28(2,3)4)30(17-19-11-7-6-8-12-19)24(32)18-31-23-16-10-14-20-13-9-15-21(25(20)23)27(31)34/h6-16,22H,5,17-18H2,1-4H3,(H,29,33)/t22-/m1/s1. The molecule has 0 saturated heterocycles. The lowest BCUT2D eigenvalue weighted by atomic mass is 10.1. The van der Waals surface area contributed by atoms with Crippen molar-refractivity contribution < 1.29 is 14.4 Å². The van der Waals surface area contributed by atoms with Crippen LogP contribution < -0.4 is 10.2 Å². The molecule has 4 rings (SSSR count). The largest absolute Gasteiger partial charge is 0.350 e. The predicted molar refractivity (Wildman–Crippen MR) is 135 cm³/mol. The molecule has 6 heteroatoms. The van der Waals surface area contributed by atoms with Gasteiger partial charge >= 0.3 is 0 Å². The zero-order chi connectivity index (χ0) is 24.5. The Balaban J connectivity index is 1.65. The lowest BCUT2D eigenvalue weighted by molar-refractivity contribution is -0.141. The van der Waals surface area contributed by atoms with E-state index in [9.17, 15) is 14.4 Å². The molecule has 1 aliphatic rings. The van der Waals surface area contributed by atoms with Crippen molar-refractivity contribution in [2.24, 2.45) is 0 Å². The van der Waals surface area contributed by atoms with E-state index in [0.717, 1.165) is 22.0 Å². The summed E-state index contributed by atoms with van der Waals surface area (Å²) >= 11 is 0. The third-order valence-corrected chi connectivity index (χ3v) is 6.02. The Hall–Kier alpha value is -3.67. The van der Waals surface area contributed by atoms with Crippen molar-refractivity contribution in [3.8, 4) is 0 Å². The molecule has 176 valence electrons. The second kappa shape index (κ2) is 9.29. The third kappa shape index (κ3) is 4.67. The number of amides is 3. The predicted octanol–water partition coefficient (Wildman–Crippen LogP) is 4.52. The summed E-state index contributed by atoms with van der Waals surface area (Å²) in [6.07, 6.45) is 0.463. The number of hydrogen-bond donors (Lipinski definition) is 1. The molecule has 0 radical (unpaired) electrons. The van der Waals surface area contributed by atoms with Crippen LogP contribution >= 0.6 is 0 Å². The third-order valence-electron chi connectivity index (χ3n) is 6.02. The monoisotopic (exact) mass is 457 g/mol. The van der Waals surface area contributed by atoms with Crippen molar-refractivity contribution in [1.82, 2.24) is 10.2 Å². The highest BCUT2D eigenvalue weighted by Gasteiger charge is 2.35. The van der Waals surface area contributed by atoms with E-state index >= 15 is 0 Å². The van der Waals surface area contributed by atoms with E-state index in [1.807, 2.05) is 88.4 Å². The Morgan fingerprint density at radius 1 is 0.971 bits per heavy atom. The lowest BCUT2D eigenvalue weighted by Gasteiger charge is -2.34. The van der Waals surface area contributed by atoms with Gasteiger partial charge in [-0.05, 0) is 50.3 Å². The number of benzene rings is 3. The molecule has 3 aromatic rings. The van der Waals surface area contributed by atoms with Crippen LogP contribution in [0.5, 0.6) is 0 Å². The molecule has 34 heavy (non-hydrogen) atoms. The summed E-state index contributed by atoms with van der Waals surface area (Å²) < 4.78 is 0. The van der Waals surface area contributed by atoms with Gasteiger partial charge in [0.05, 0.1) is 5.69 Å². The highest BCUT2D eigenvalue weighted by molar-refractivity contribution is 6.26. The average molecular weight is 458 g/mol. The van der Waals surface area contributed by atoms with Gasteiger partial charge in [-0.3, -0.25) is 19.3 Å². The average Bonchev–Trinajstić information content (AvgIpc) is 3.06. The fourth-order valence-electron chi connectivity index (χ4n) is 4.51. The maximum atomic E-state index is 13.7. The van der Waals surface area contributed by atoms with Gasteiger partial charge in [0.2, 0.25) is 11.8 Å². The summed E-state index contributed by atoms with van der Waals surface area (Å²) in [5.41, 5.74) is 1.84. The van der Waals surface area contributed by atoms with E-state index in [4.69, 9.17) is 0 Å². The minimum absolute atomic E-state index is 0.126. The van der Waals surface area contributed by atoms with Gasteiger partial charge < -0.3 is 10.2 Å². The summed E-state index contributed by atoms with van der Waals surface area (Å²) in [7, 11) is 0. The molecular formula is C28H31N3O3. The Labute approximate surface area is 200 Å². The first-order valence-electron chi connectivity index (χ1n) is 11.7. The molecule has 1 N–H and O–H groups in total. The zero-order valence-electron chi connectivity index (χ0n) is 20.2. The maximum Gasteiger partial charge on any atom is 0.259 e. The minimum atomic E-state index is -0.650. The highest BCUT2D eigenvalue weighted by Crippen LogP contribution is 2.37. The van der Waals surface area contributed by atoms with Gasteiger partial charge in [-0.25, -0.2) is 0 Å². The van der Waals surface area contributed by atoms with Crippen molar-refractivity contribution in [2.75, 3.05) is 11.4 Å². The molecule has 0 fully saturated rings. The first-order chi connectivity index (χ1) is 16.2. The summed E-state index contributed by atoms with van der Waals surface area (Å²) in [6.45, 7) is 7.81. The molecule has 3 amide bonds. The van der Waals surface area contributed by atoms with E-state index in [1.165, 1.54) is 4.90 Å². The van der Waals surface area contributed by atoms with Gasteiger partial charge in [0.15, 0.2) is 0 Å². The van der Waals surface area contributed by atoms with E-state index < -0.39 is 11.6 Å². The van der Waals surface area contributed by atoms with Crippen molar-refractivity contribution in [1.29, 1.82) is 0 Å². The van der Waals surface area contributed by atoms with Crippen LogP contribution in [0, 0.1) is 0 Å². The van der Waals surface area contributed by atoms with E-state index in [2.05, 4.69) is 5.32 Å². The number of carbonyl (C=O) groups is 3. The van der Waals surface area contributed by atoms with Crippen LogP contribution in [-0.4, -0.2) is 40.7 Å². The van der Waals surface area contributed by atoms with E-state index in [-0.39, 0.29) is 30.8 Å². The smallest absolute Gasteiger partial charge is 0.259 e. The number of nitrogens with one attached hydrogen (secondary N) is 1. The van der Waals surface area contributed by atoms with E-state index in [1.54, 1.807) is 11.0 Å². The molecule has 0 aliphatic carbocycles. The summed E-state index contributed by atoms with van der Waals surface area (Å²) in [4.78, 5) is 43.3. The first-order valence-corrected chi connectivity index (χ1v) is 11.7. The molecule has 0 unspecified atom stereocenters. The molecule has 0 saturated carbocycles. The quantitative estimate of drug-likeness (QED) is 0.567. The molecule has 3 aromatic carbocycles. The summed E-state index contributed by atoms with van der Waals surface area (Å²) in [5, 5.41) is 4.85. The van der Waals surface area contributed by atoms with Crippen LogP contribution in [0.25, 0.3) is 10.8 Å². The van der Waals surface area contributed by atoms with Gasteiger partial charge in [-0.1, -0.05) is 61.5 Å². The topological polar surface area (TPSA) is 69.7 Å². The van der Waals surface area contributed by atoms with Crippen molar-refractivity contribution in [3.63, 3.8) is 0 Å². The number of hydrogen-bond acceptors (Lipinski definition) is 3. The first kappa shape index (κ1) is 23.5. The van der Waals surface area contributed by atoms with Crippen molar-refractivity contribution >= 4 is 34.2 Å². The Morgan fingerprint density at radius 2 is 1.65 bits per heavy atom.